The number of aromatic nitrogens is 3. The Bertz CT molecular complexity index is 1620. The first-order valence-electron chi connectivity index (χ1n) is 15.5. The van der Waals surface area contributed by atoms with Gasteiger partial charge in [-0.25, -0.2) is 9.37 Å². The molecule has 0 radical (unpaired) electrons. The molecule has 47 heavy (non-hydrogen) atoms. The van der Waals surface area contributed by atoms with Gasteiger partial charge in [-0.15, -0.1) is 0 Å². The molecule has 256 valence electrons. The van der Waals surface area contributed by atoms with Crippen LogP contribution in [-0.2, 0) is 10.9 Å². The lowest BCUT2D eigenvalue weighted by atomic mass is 9.93. The minimum atomic E-state index is -4.96. The van der Waals surface area contributed by atoms with Gasteiger partial charge in [0, 0.05) is 36.9 Å². The number of rotatable bonds is 9. The highest BCUT2D eigenvalue weighted by atomic mass is 35.5. The van der Waals surface area contributed by atoms with Crippen LogP contribution in [0.4, 0.5) is 33.5 Å². The minimum absolute atomic E-state index is 0.000689. The number of nitrogen functional groups attached to an aromatic ring is 1. The Labute approximate surface area is 273 Å². The average Bonchev–Trinajstić information content (AvgIpc) is 3.47. The molecule has 16 heteroatoms. The van der Waals surface area contributed by atoms with Crippen molar-refractivity contribution >= 4 is 34.0 Å². The predicted molar refractivity (Wildman–Crippen MR) is 167 cm³/mol. The van der Waals surface area contributed by atoms with E-state index in [0.29, 0.717) is 45.7 Å². The number of benzene rings is 1. The summed E-state index contributed by atoms with van der Waals surface area (Å²) in [5, 5.41) is 2.69. The molecule has 10 nitrogen and oxygen atoms in total. The van der Waals surface area contributed by atoms with Crippen molar-refractivity contribution in [3.63, 3.8) is 0 Å². The second kappa shape index (κ2) is 13.3. The zero-order chi connectivity index (χ0) is 33.5. The second-order valence-electron chi connectivity index (χ2n) is 12.6. The standard InChI is InChI=1S/C31H37ClF5N7O3/c1-43(2)9-10-44-21-15-45-11-4-17(21)14-46-28-22-26(41-29(42-27(22)44)47-16-30(6-7-33)5-3-8-39-30)24(34)25(40-28)19-12-18(38)13-20(32)23(19)31(35,36)37/h12-13,17,21,39H,3-11,14-16,38H2,1-2H3/t17?,21?,30-/m0/s1. The van der Waals surface area contributed by atoms with Gasteiger partial charge < -0.3 is 35.1 Å². The number of fused-ring (bicyclic) bond motifs is 1. The highest BCUT2D eigenvalue weighted by Gasteiger charge is 2.41. The maximum atomic E-state index is 16.8. The van der Waals surface area contributed by atoms with Crippen LogP contribution in [0, 0.1) is 11.7 Å². The number of nitrogens with one attached hydrogen (secondary N) is 1. The summed E-state index contributed by atoms with van der Waals surface area (Å²) in [5.41, 5.74) is 2.15. The summed E-state index contributed by atoms with van der Waals surface area (Å²) in [6.45, 7) is 2.15. The molecule has 2 saturated heterocycles. The van der Waals surface area contributed by atoms with E-state index in [0.717, 1.165) is 18.6 Å². The van der Waals surface area contributed by atoms with Crippen LogP contribution in [0.1, 0.15) is 31.2 Å². The van der Waals surface area contributed by atoms with Crippen molar-refractivity contribution in [1.29, 1.82) is 0 Å². The molecule has 0 bridgehead atoms. The van der Waals surface area contributed by atoms with Crippen LogP contribution in [0.5, 0.6) is 11.9 Å². The Morgan fingerprint density at radius 2 is 2.02 bits per heavy atom. The third-order valence-electron chi connectivity index (χ3n) is 9.11. The van der Waals surface area contributed by atoms with Gasteiger partial charge in [-0.1, -0.05) is 11.6 Å². The highest BCUT2D eigenvalue weighted by molar-refractivity contribution is 6.32. The van der Waals surface area contributed by atoms with Gasteiger partial charge >= 0.3 is 12.2 Å². The first-order chi connectivity index (χ1) is 22.4. The smallest absolute Gasteiger partial charge is 0.418 e. The van der Waals surface area contributed by atoms with Crippen LogP contribution >= 0.6 is 11.6 Å². The van der Waals surface area contributed by atoms with Gasteiger partial charge in [0.15, 0.2) is 5.82 Å². The van der Waals surface area contributed by atoms with Gasteiger partial charge in [-0.2, -0.15) is 23.1 Å². The Hall–Kier alpha value is -3.27. The van der Waals surface area contributed by atoms with Crippen molar-refractivity contribution in [2.24, 2.45) is 5.92 Å². The van der Waals surface area contributed by atoms with Crippen LogP contribution in [0.25, 0.3) is 22.2 Å². The molecule has 2 fully saturated rings. The van der Waals surface area contributed by atoms with Gasteiger partial charge in [0.1, 0.15) is 29.0 Å². The lowest BCUT2D eigenvalue weighted by Gasteiger charge is -2.42. The predicted octanol–water partition coefficient (Wildman–Crippen LogP) is 5.11. The zero-order valence-corrected chi connectivity index (χ0v) is 26.9. The Morgan fingerprint density at radius 3 is 2.72 bits per heavy atom. The van der Waals surface area contributed by atoms with Crippen LogP contribution in [0.15, 0.2) is 12.1 Å². The number of nitrogens with zero attached hydrogens (tertiary/aromatic N) is 5. The number of alkyl halides is 4. The van der Waals surface area contributed by atoms with E-state index in [4.69, 9.17) is 36.5 Å². The fourth-order valence-corrected chi connectivity index (χ4v) is 6.99. The number of anilines is 2. The molecule has 3 atom stereocenters. The number of likely N-dealkylation sites (N-methyl/N-ethyl adjacent to an activating group) is 1. The molecule has 2 aromatic heterocycles. The number of ether oxygens (including phenoxy) is 3. The molecule has 0 amide bonds. The maximum absolute atomic E-state index is 16.8. The summed E-state index contributed by atoms with van der Waals surface area (Å²) in [5.74, 6) is -1.10. The SMILES string of the molecule is CN(C)CCN1c2nc(OC[C@@]3(CCF)CCCN3)nc3c(F)c(-c4cc(N)cc(Cl)c4C(F)(F)F)nc(c23)OCC2CCOCC21. The van der Waals surface area contributed by atoms with E-state index in [9.17, 15) is 17.6 Å². The third-order valence-corrected chi connectivity index (χ3v) is 9.40. The largest absolute Gasteiger partial charge is 0.477 e. The van der Waals surface area contributed by atoms with Crippen LogP contribution < -0.4 is 25.4 Å². The van der Waals surface area contributed by atoms with Gasteiger partial charge in [0.25, 0.3) is 0 Å². The number of pyridine rings is 1. The van der Waals surface area contributed by atoms with E-state index in [1.807, 2.05) is 23.9 Å². The normalized spacial score (nSPS) is 23.0. The fraction of sp³-hybridized carbons (Fsp3) is 0.581. The fourth-order valence-electron chi connectivity index (χ4n) is 6.65. The van der Waals surface area contributed by atoms with E-state index in [2.05, 4.69) is 15.3 Å². The number of hydrogen-bond donors (Lipinski definition) is 2. The van der Waals surface area contributed by atoms with Crippen molar-refractivity contribution in [1.82, 2.24) is 25.2 Å². The Balaban J connectivity index is 1.59. The lowest BCUT2D eigenvalue weighted by Crippen LogP contribution is -2.52. The average molecular weight is 686 g/mol. The number of hydrogen-bond acceptors (Lipinski definition) is 10. The van der Waals surface area contributed by atoms with E-state index >= 15 is 4.39 Å². The summed E-state index contributed by atoms with van der Waals surface area (Å²) in [7, 11) is 3.84. The molecule has 3 aliphatic rings. The molecule has 0 aliphatic carbocycles. The van der Waals surface area contributed by atoms with Gasteiger partial charge in [0.05, 0.1) is 42.1 Å². The second-order valence-corrected chi connectivity index (χ2v) is 13.0. The molecule has 3 aromatic rings. The first kappa shape index (κ1) is 33.6. The van der Waals surface area contributed by atoms with E-state index < -0.39 is 46.1 Å². The molecule has 2 unspecified atom stereocenters. The van der Waals surface area contributed by atoms with Gasteiger partial charge in [0.2, 0.25) is 5.88 Å². The minimum Gasteiger partial charge on any atom is -0.477 e. The molecular weight excluding hydrogens is 649 g/mol. The topological polar surface area (TPSA) is 111 Å². The van der Waals surface area contributed by atoms with Crippen molar-refractivity contribution in [2.75, 3.05) is 77.5 Å². The first-order valence-corrected chi connectivity index (χ1v) is 15.9. The van der Waals surface area contributed by atoms with Crippen LogP contribution in [-0.4, -0.2) is 98.3 Å². The molecule has 3 aliphatic heterocycles. The summed E-state index contributed by atoms with van der Waals surface area (Å²) < 4.78 is 91.5. The van der Waals surface area contributed by atoms with Crippen LogP contribution in [0.2, 0.25) is 5.02 Å². The summed E-state index contributed by atoms with van der Waals surface area (Å²) in [6, 6.07) is 1.50. The molecular formula is C31H37ClF5N7O3. The van der Waals surface area contributed by atoms with Gasteiger partial charge in [-0.05, 0) is 58.5 Å². The molecule has 0 saturated carbocycles. The third kappa shape index (κ3) is 6.72. The van der Waals surface area contributed by atoms with E-state index in [-0.39, 0.29) is 65.9 Å². The molecule has 0 spiro atoms. The molecule has 5 heterocycles. The monoisotopic (exact) mass is 685 g/mol. The molecule has 6 rings (SSSR count). The number of nitrogens with two attached hydrogens (primary N) is 1. The molecule has 1 aromatic carbocycles. The quantitative estimate of drug-likeness (QED) is 0.233. The summed E-state index contributed by atoms with van der Waals surface area (Å²) in [6.07, 6.45) is -2.64. The maximum Gasteiger partial charge on any atom is 0.418 e. The lowest BCUT2D eigenvalue weighted by molar-refractivity contribution is -0.137. The van der Waals surface area contributed by atoms with Crippen molar-refractivity contribution in [2.45, 2.75) is 43.4 Å². The van der Waals surface area contributed by atoms with Gasteiger partial charge in [-0.3, -0.25) is 4.39 Å². The zero-order valence-electron chi connectivity index (χ0n) is 26.1. The van der Waals surface area contributed by atoms with E-state index in [1.54, 1.807) is 0 Å². The highest BCUT2D eigenvalue weighted by Crippen LogP contribution is 2.46. The Morgan fingerprint density at radius 1 is 1.21 bits per heavy atom. The molecule has 3 N–H and O–H groups in total. The number of halogens is 6. The van der Waals surface area contributed by atoms with E-state index in [1.165, 1.54) is 0 Å². The summed E-state index contributed by atoms with van der Waals surface area (Å²) >= 11 is 6.04. The van der Waals surface area contributed by atoms with Crippen molar-refractivity contribution < 1.29 is 36.2 Å². The van der Waals surface area contributed by atoms with Crippen molar-refractivity contribution in [3.8, 4) is 23.1 Å². The Kier molecular flexibility index (Phi) is 9.53. The van der Waals surface area contributed by atoms with Crippen LogP contribution in [0.3, 0.4) is 0 Å². The van der Waals surface area contributed by atoms with Crippen molar-refractivity contribution in [3.05, 3.63) is 28.5 Å². The summed E-state index contributed by atoms with van der Waals surface area (Å²) in [4.78, 5) is 17.5.